The molecule has 1 aromatic rings. The highest BCUT2D eigenvalue weighted by Gasteiger charge is 2.26. The number of piperidine rings is 2. The zero-order chi connectivity index (χ0) is 27.1. The molecule has 2 aliphatic rings. The van der Waals surface area contributed by atoms with E-state index in [-0.39, 0.29) is 41.9 Å². The van der Waals surface area contributed by atoms with E-state index >= 15 is 0 Å². The van der Waals surface area contributed by atoms with Gasteiger partial charge in [-0.2, -0.15) is 0 Å². The summed E-state index contributed by atoms with van der Waals surface area (Å²) in [4.78, 5) is 33.7. The molecule has 37 heavy (non-hydrogen) atoms. The Hall–Kier alpha value is -2.95. The van der Waals surface area contributed by atoms with Gasteiger partial charge in [0.1, 0.15) is 17.7 Å². The van der Waals surface area contributed by atoms with Gasteiger partial charge in [-0.05, 0) is 26.8 Å². The van der Waals surface area contributed by atoms with Gasteiger partial charge in [0, 0.05) is 84.1 Å². The molecule has 9 nitrogen and oxygen atoms in total. The third-order valence-electron chi connectivity index (χ3n) is 6.58. The molecule has 2 heterocycles. The van der Waals surface area contributed by atoms with Crippen LogP contribution in [0.4, 0.5) is 19.3 Å². The number of hydrogen-bond donors (Lipinski definition) is 0. The number of rotatable bonds is 8. The number of oxime groups is 1. The van der Waals surface area contributed by atoms with Gasteiger partial charge in [-0.1, -0.05) is 5.16 Å². The Morgan fingerprint density at radius 2 is 1.73 bits per heavy atom. The number of halogens is 2. The predicted molar refractivity (Wildman–Crippen MR) is 137 cm³/mol. The van der Waals surface area contributed by atoms with E-state index in [4.69, 9.17) is 9.57 Å². The van der Waals surface area contributed by atoms with Crippen LogP contribution in [0.25, 0.3) is 0 Å². The van der Waals surface area contributed by atoms with E-state index in [0.717, 1.165) is 11.8 Å². The van der Waals surface area contributed by atoms with Gasteiger partial charge < -0.3 is 19.4 Å². The van der Waals surface area contributed by atoms with Gasteiger partial charge in [0.2, 0.25) is 5.91 Å². The standard InChI is InChI=1S/C26H39F2N5O4/c1-6-33(30(4)5)25(34)16-19-15-23(28)24(17-22(19)27)31-11-7-20(8-12-31)29-37-21-9-13-32(14-10-21)26(35)36-18(2)3/h15,17-18,21H,6-14,16H2,1-5H3. The van der Waals surface area contributed by atoms with Crippen LogP contribution >= 0.6 is 0 Å². The van der Waals surface area contributed by atoms with Crippen LogP contribution in [-0.2, 0) is 20.8 Å². The molecule has 2 saturated heterocycles. The van der Waals surface area contributed by atoms with E-state index in [0.29, 0.717) is 58.4 Å². The molecule has 0 saturated carbocycles. The fraction of sp³-hybridized carbons (Fsp3) is 0.654. The first-order chi connectivity index (χ1) is 17.6. The monoisotopic (exact) mass is 523 g/mol. The number of anilines is 1. The van der Waals surface area contributed by atoms with Crippen LogP contribution in [0.2, 0.25) is 0 Å². The maximum Gasteiger partial charge on any atom is 0.410 e. The van der Waals surface area contributed by atoms with Crippen molar-refractivity contribution >= 4 is 23.4 Å². The van der Waals surface area contributed by atoms with Crippen LogP contribution in [0.1, 0.15) is 52.0 Å². The van der Waals surface area contributed by atoms with E-state index in [1.54, 1.807) is 28.9 Å². The summed E-state index contributed by atoms with van der Waals surface area (Å²) in [6.07, 6.45) is 1.80. The Balaban J connectivity index is 1.50. The van der Waals surface area contributed by atoms with Crippen molar-refractivity contribution in [3.05, 3.63) is 29.3 Å². The Labute approximate surface area is 217 Å². The lowest BCUT2D eigenvalue weighted by molar-refractivity contribution is -0.143. The van der Waals surface area contributed by atoms with Crippen molar-refractivity contribution in [2.45, 2.75) is 65.1 Å². The fourth-order valence-electron chi connectivity index (χ4n) is 4.56. The number of hydrogen-bond acceptors (Lipinski definition) is 7. The minimum absolute atomic E-state index is 0.0442. The SMILES string of the molecule is CCN(C(=O)Cc1cc(F)c(N2CCC(=NOC3CCN(C(=O)OC(C)C)CC3)CC2)cc1F)N(C)C. The number of ether oxygens (including phenoxy) is 1. The summed E-state index contributed by atoms with van der Waals surface area (Å²) in [6, 6.07) is 2.31. The second-order valence-corrected chi connectivity index (χ2v) is 9.90. The molecule has 206 valence electrons. The second kappa shape index (κ2) is 13.0. The van der Waals surface area contributed by atoms with E-state index in [2.05, 4.69) is 5.16 Å². The molecule has 0 spiro atoms. The van der Waals surface area contributed by atoms with Gasteiger partial charge in [-0.25, -0.2) is 18.6 Å². The molecule has 0 radical (unpaired) electrons. The Kier molecular flexibility index (Phi) is 10.1. The molecule has 0 bridgehead atoms. The number of nitrogens with zero attached hydrogens (tertiary/aromatic N) is 5. The number of carbonyl (C=O) groups excluding carboxylic acids is 2. The first kappa shape index (κ1) is 28.6. The maximum absolute atomic E-state index is 14.9. The molecule has 3 rings (SSSR count). The summed E-state index contributed by atoms with van der Waals surface area (Å²) in [5.74, 6) is -1.43. The van der Waals surface area contributed by atoms with Crippen molar-refractivity contribution in [3.8, 4) is 0 Å². The molecule has 0 unspecified atom stereocenters. The molecule has 1 aromatic carbocycles. The van der Waals surface area contributed by atoms with E-state index in [1.165, 1.54) is 11.1 Å². The molecule has 0 aromatic heterocycles. The molecule has 11 heteroatoms. The fourth-order valence-corrected chi connectivity index (χ4v) is 4.56. The molecule has 0 N–H and O–H groups in total. The molecular formula is C26H39F2N5O4. The Morgan fingerprint density at radius 3 is 2.30 bits per heavy atom. The molecule has 0 atom stereocenters. The summed E-state index contributed by atoms with van der Waals surface area (Å²) in [5.41, 5.74) is 1.11. The highest BCUT2D eigenvalue weighted by molar-refractivity contribution is 5.86. The van der Waals surface area contributed by atoms with Crippen LogP contribution in [0.15, 0.2) is 17.3 Å². The Morgan fingerprint density at radius 1 is 1.08 bits per heavy atom. The highest BCUT2D eigenvalue weighted by atomic mass is 19.1. The van der Waals surface area contributed by atoms with Crippen molar-refractivity contribution in [2.75, 3.05) is 51.7 Å². The molecule has 0 aliphatic carbocycles. The lowest BCUT2D eigenvalue weighted by Gasteiger charge is -2.32. The normalized spacial score (nSPS) is 16.8. The topological polar surface area (TPSA) is 77.9 Å². The minimum Gasteiger partial charge on any atom is -0.447 e. The van der Waals surface area contributed by atoms with Crippen molar-refractivity contribution in [1.29, 1.82) is 0 Å². The molecule has 2 aliphatic heterocycles. The van der Waals surface area contributed by atoms with Crippen LogP contribution in [0.3, 0.4) is 0 Å². The average molecular weight is 524 g/mol. The van der Waals surface area contributed by atoms with Gasteiger partial charge in [0.05, 0.1) is 23.9 Å². The van der Waals surface area contributed by atoms with E-state index in [9.17, 15) is 18.4 Å². The van der Waals surface area contributed by atoms with Crippen LogP contribution in [0.5, 0.6) is 0 Å². The predicted octanol–water partition coefficient (Wildman–Crippen LogP) is 3.81. The van der Waals surface area contributed by atoms with Crippen molar-refractivity contribution in [1.82, 2.24) is 14.9 Å². The van der Waals surface area contributed by atoms with Crippen LogP contribution in [0, 0.1) is 11.6 Å². The summed E-state index contributed by atoms with van der Waals surface area (Å²) >= 11 is 0. The van der Waals surface area contributed by atoms with E-state index in [1.807, 2.05) is 20.8 Å². The second-order valence-electron chi connectivity index (χ2n) is 9.90. The quantitative estimate of drug-likeness (QED) is 0.483. The summed E-state index contributed by atoms with van der Waals surface area (Å²) in [5, 5.41) is 7.43. The number of amides is 2. The summed E-state index contributed by atoms with van der Waals surface area (Å²) in [6.45, 7) is 8.02. The zero-order valence-electron chi connectivity index (χ0n) is 22.5. The zero-order valence-corrected chi connectivity index (χ0v) is 22.5. The number of hydrazine groups is 1. The summed E-state index contributed by atoms with van der Waals surface area (Å²) in [7, 11) is 3.46. The smallest absolute Gasteiger partial charge is 0.410 e. The maximum atomic E-state index is 14.9. The lowest BCUT2D eigenvalue weighted by atomic mass is 10.1. The summed E-state index contributed by atoms with van der Waals surface area (Å²) < 4.78 is 35.0. The van der Waals surface area contributed by atoms with Gasteiger partial charge >= 0.3 is 6.09 Å². The number of benzene rings is 1. The molecular weight excluding hydrogens is 484 g/mol. The third-order valence-corrected chi connectivity index (χ3v) is 6.58. The lowest BCUT2D eigenvalue weighted by Crippen LogP contribution is -2.42. The first-order valence-corrected chi connectivity index (χ1v) is 13.0. The highest BCUT2D eigenvalue weighted by Crippen LogP contribution is 2.27. The van der Waals surface area contributed by atoms with E-state index < -0.39 is 11.6 Å². The average Bonchev–Trinajstić information content (AvgIpc) is 2.85. The number of carbonyl (C=O) groups is 2. The molecule has 2 amide bonds. The number of likely N-dealkylation sites (N-methyl/N-ethyl adjacent to an activating group) is 1. The Bertz CT molecular complexity index is 970. The van der Waals surface area contributed by atoms with Crippen molar-refractivity contribution in [3.63, 3.8) is 0 Å². The van der Waals surface area contributed by atoms with Crippen molar-refractivity contribution < 1.29 is 27.9 Å². The first-order valence-electron chi connectivity index (χ1n) is 13.0. The van der Waals surface area contributed by atoms with Gasteiger partial charge in [-0.15, -0.1) is 0 Å². The number of likely N-dealkylation sites (tertiary alicyclic amines) is 1. The minimum atomic E-state index is -0.592. The molecule has 2 fully saturated rings. The van der Waals surface area contributed by atoms with Crippen molar-refractivity contribution in [2.24, 2.45) is 5.16 Å². The largest absolute Gasteiger partial charge is 0.447 e. The van der Waals surface area contributed by atoms with Gasteiger partial charge in [0.25, 0.3) is 0 Å². The third kappa shape index (κ3) is 7.77. The van der Waals surface area contributed by atoms with Gasteiger partial charge in [0.15, 0.2) is 0 Å². The van der Waals surface area contributed by atoms with Gasteiger partial charge in [-0.3, -0.25) is 9.80 Å². The van der Waals surface area contributed by atoms with Crippen LogP contribution < -0.4 is 4.90 Å². The van der Waals surface area contributed by atoms with Crippen LogP contribution in [-0.4, -0.2) is 91.7 Å².